The molecule has 0 aliphatic carbocycles. The van der Waals surface area contributed by atoms with Gasteiger partial charge in [-0.15, -0.1) is 0 Å². The minimum atomic E-state index is -0.252. The van der Waals surface area contributed by atoms with Crippen LogP contribution in [0.4, 0.5) is 5.82 Å². The lowest BCUT2D eigenvalue weighted by atomic mass is 10.0. The number of amides is 2. The van der Waals surface area contributed by atoms with Crippen molar-refractivity contribution < 1.29 is 9.59 Å². The average molecular weight is 495 g/mol. The quantitative estimate of drug-likeness (QED) is 0.345. The molecular weight excluding hydrogens is 468 g/mol. The van der Waals surface area contributed by atoms with Crippen LogP contribution >= 0.6 is 0 Å². The van der Waals surface area contributed by atoms with Crippen molar-refractivity contribution in [3.63, 3.8) is 0 Å². The number of hydrogen-bond acceptors (Lipinski definition) is 6. The third kappa shape index (κ3) is 4.54. The number of carbonyl (C=O) groups is 2. The fraction of sp³-hybridized carbons (Fsp3) is 0.222. The summed E-state index contributed by atoms with van der Waals surface area (Å²) >= 11 is 0. The van der Waals surface area contributed by atoms with Crippen LogP contribution in [0.3, 0.4) is 0 Å². The van der Waals surface area contributed by atoms with Gasteiger partial charge < -0.3 is 20.5 Å². The van der Waals surface area contributed by atoms with Crippen molar-refractivity contribution in [3.05, 3.63) is 78.5 Å². The maximum absolute atomic E-state index is 13.1. The molecule has 1 fully saturated rings. The lowest BCUT2D eigenvalue weighted by Crippen LogP contribution is -2.43. The van der Waals surface area contributed by atoms with Gasteiger partial charge in [0.15, 0.2) is 0 Å². The average Bonchev–Trinajstić information content (AvgIpc) is 3.54. The molecule has 1 aliphatic rings. The van der Waals surface area contributed by atoms with Gasteiger partial charge in [0, 0.05) is 47.3 Å². The maximum atomic E-state index is 13.1. The zero-order chi connectivity index (χ0) is 25.4. The van der Waals surface area contributed by atoms with Crippen LogP contribution in [0.5, 0.6) is 0 Å². The molecule has 0 aromatic carbocycles. The van der Waals surface area contributed by atoms with Crippen LogP contribution in [-0.4, -0.2) is 67.5 Å². The number of nitrogens with one attached hydrogen (secondary N) is 3. The van der Waals surface area contributed by atoms with Crippen LogP contribution < -0.4 is 10.6 Å². The summed E-state index contributed by atoms with van der Waals surface area (Å²) in [5, 5.41) is 11.3. The number of H-pyrrole nitrogens is 1. The second kappa shape index (κ2) is 9.47. The Morgan fingerprint density at radius 1 is 1.05 bits per heavy atom. The predicted molar refractivity (Wildman–Crippen MR) is 140 cm³/mol. The Labute approximate surface area is 212 Å². The fourth-order valence-corrected chi connectivity index (χ4v) is 4.74. The summed E-state index contributed by atoms with van der Waals surface area (Å²) in [5.41, 5.74) is 4.33. The summed E-state index contributed by atoms with van der Waals surface area (Å²) in [4.78, 5) is 39.5. The standard InChI is InChI=1S/C27H26N8O2/c1-34-11-7-19(8-12-34)31-27(37)22-16-30-35-13-6-18(14-23(22)35)21-15-29-25-20(21)2-3-24(32-25)33-26(36)17-4-9-28-10-5-17/h2-6,9-10,13-16,19H,7-8,11-12H2,1H3,(H,31,37)(H2,29,32,33,36). The summed E-state index contributed by atoms with van der Waals surface area (Å²) in [6, 6.07) is 11.1. The van der Waals surface area contributed by atoms with Gasteiger partial charge in [-0.25, -0.2) is 9.50 Å². The van der Waals surface area contributed by atoms with Gasteiger partial charge >= 0.3 is 0 Å². The van der Waals surface area contributed by atoms with Gasteiger partial charge in [-0.05, 0) is 74.9 Å². The van der Waals surface area contributed by atoms with Crippen molar-refractivity contribution in [2.45, 2.75) is 18.9 Å². The molecule has 3 N–H and O–H groups in total. The van der Waals surface area contributed by atoms with E-state index in [2.05, 4.69) is 42.6 Å². The number of nitrogens with zero attached hydrogens (tertiary/aromatic N) is 5. The zero-order valence-corrected chi connectivity index (χ0v) is 20.3. The Hall–Kier alpha value is -4.57. The Balaban J connectivity index is 1.25. The number of likely N-dealkylation sites (tertiary alicyclic amines) is 1. The Morgan fingerprint density at radius 3 is 2.68 bits per heavy atom. The normalized spacial score (nSPS) is 14.7. The third-order valence-electron chi connectivity index (χ3n) is 6.85. The molecule has 5 aromatic heterocycles. The lowest BCUT2D eigenvalue weighted by molar-refractivity contribution is 0.0918. The highest BCUT2D eigenvalue weighted by atomic mass is 16.2. The van der Waals surface area contributed by atoms with Gasteiger partial charge in [0.1, 0.15) is 11.5 Å². The predicted octanol–water partition coefficient (Wildman–Crippen LogP) is 3.35. The van der Waals surface area contributed by atoms with E-state index in [1.54, 1.807) is 41.3 Å². The van der Waals surface area contributed by atoms with Crippen molar-refractivity contribution in [1.82, 2.24) is 34.8 Å². The number of carbonyl (C=O) groups excluding carboxylic acids is 2. The summed E-state index contributed by atoms with van der Waals surface area (Å²) in [7, 11) is 2.10. The van der Waals surface area contributed by atoms with Gasteiger partial charge in [0.05, 0.1) is 17.3 Å². The molecule has 6 rings (SSSR count). The number of pyridine rings is 3. The molecule has 0 unspecified atom stereocenters. The molecule has 0 radical (unpaired) electrons. The van der Waals surface area contributed by atoms with E-state index in [1.807, 2.05) is 30.6 Å². The number of piperidine rings is 1. The van der Waals surface area contributed by atoms with E-state index in [0.717, 1.165) is 48.0 Å². The van der Waals surface area contributed by atoms with E-state index in [0.29, 0.717) is 22.6 Å². The van der Waals surface area contributed by atoms with E-state index >= 15 is 0 Å². The molecule has 186 valence electrons. The first-order valence-corrected chi connectivity index (χ1v) is 12.2. The van der Waals surface area contributed by atoms with Gasteiger partial charge in [-0.1, -0.05) is 0 Å². The van der Waals surface area contributed by atoms with Crippen LogP contribution in [0.2, 0.25) is 0 Å². The van der Waals surface area contributed by atoms with Crippen molar-refractivity contribution in [3.8, 4) is 11.1 Å². The molecular formula is C27H26N8O2. The minimum absolute atomic E-state index is 0.100. The highest BCUT2D eigenvalue weighted by Gasteiger charge is 2.21. The number of aromatic nitrogens is 5. The maximum Gasteiger partial charge on any atom is 0.256 e. The van der Waals surface area contributed by atoms with Gasteiger partial charge in [0.2, 0.25) is 0 Å². The second-order valence-electron chi connectivity index (χ2n) is 9.34. The van der Waals surface area contributed by atoms with Crippen LogP contribution in [0, 0.1) is 0 Å². The molecule has 0 saturated carbocycles. The largest absolute Gasteiger partial charge is 0.349 e. The number of fused-ring (bicyclic) bond motifs is 2. The van der Waals surface area contributed by atoms with Gasteiger partial charge in [-0.2, -0.15) is 5.10 Å². The van der Waals surface area contributed by atoms with E-state index in [4.69, 9.17) is 0 Å². The lowest BCUT2D eigenvalue weighted by Gasteiger charge is -2.29. The molecule has 1 saturated heterocycles. The first kappa shape index (κ1) is 22.9. The van der Waals surface area contributed by atoms with E-state index in [1.165, 1.54) is 0 Å². The monoisotopic (exact) mass is 494 g/mol. The van der Waals surface area contributed by atoms with Crippen LogP contribution in [0.1, 0.15) is 33.6 Å². The van der Waals surface area contributed by atoms with Crippen LogP contribution in [0.15, 0.2) is 67.4 Å². The molecule has 37 heavy (non-hydrogen) atoms. The third-order valence-corrected chi connectivity index (χ3v) is 6.85. The SMILES string of the molecule is CN1CCC(NC(=O)c2cnn3ccc(-c4c[nH]c5nc(NC(=O)c6ccncc6)ccc45)cc23)CC1. The smallest absolute Gasteiger partial charge is 0.256 e. The number of anilines is 1. The summed E-state index contributed by atoms with van der Waals surface area (Å²) in [6.07, 6.45) is 10.4. The highest BCUT2D eigenvalue weighted by molar-refractivity contribution is 6.05. The van der Waals surface area contributed by atoms with Gasteiger partial charge in [0.25, 0.3) is 11.8 Å². The fourth-order valence-electron chi connectivity index (χ4n) is 4.74. The number of aromatic amines is 1. The number of rotatable bonds is 5. The Morgan fingerprint density at radius 2 is 1.86 bits per heavy atom. The first-order valence-electron chi connectivity index (χ1n) is 12.2. The zero-order valence-electron chi connectivity index (χ0n) is 20.3. The summed E-state index contributed by atoms with van der Waals surface area (Å²) < 4.78 is 1.72. The molecule has 10 nitrogen and oxygen atoms in total. The molecule has 6 heterocycles. The van der Waals surface area contributed by atoms with Crippen LogP contribution in [0.25, 0.3) is 27.7 Å². The van der Waals surface area contributed by atoms with Crippen molar-refractivity contribution >= 4 is 34.2 Å². The molecule has 0 bridgehead atoms. The van der Waals surface area contributed by atoms with E-state index in [9.17, 15) is 9.59 Å². The second-order valence-corrected chi connectivity index (χ2v) is 9.34. The molecule has 1 aliphatic heterocycles. The van der Waals surface area contributed by atoms with Crippen molar-refractivity contribution in [2.75, 3.05) is 25.5 Å². The molecule has 10 heteroatoms. The summed E-state index contributed by atoms with van der Waals surface area (Å²) in [5.74, 6) is 0.0944. The first-order chi connectivity index (χ1) is 18.0. The molecule has 5 aromatic rings. The number of hydrogen-bond donors (Lipinski definition) is 3. The summed E-state index contributed by atoms with van der Waals surface area (Å²) in [6.45, 7) is 1.96. The Bertz CT molecular complexity index is 1600. The van der Waals surface area contributed by atoms with Gasteiger partial charge in [-0.3, -0.25) is 14.6 Å². The van der Waals surface area contributed by atoms with Crippen molar-refractivity contribution in [2.24, 2.45) is 0 Å². The molecule has 0 spiro atoms. The van der Waals surface area contributed by atoms with E-state index in [-0.39, 0.29) is 17.9 Å². The highest BCUT2D eigenvalue weighted by Crippen LogP contribution is 2.30. The van der Waals surface area contributed by atoms with E-state index < -0.39 is 0 Å². The minimum Gasteiger partial charge on any atom is -0.349 e. The van der Waals surface area contributed by atoms with Crippen LogP contribution in [-0.2, 0) is 0 Å². The Kier molecular flexibility index (Phi) is 5.85. The van der Waals surface area contributed by atoms with Crippen molar-refractivity contribution in [1.29, 1.82) is 0 Å². The molecule has 0 atom stereocenters. The molecule has 2 amide bonds. The topological polar surface area (TPSA) is 120 Å².